The molecule has 3 rings (SSSR count). The van der Waals surface area contributed by atoms with Gasteiger partial charge in [-0.2, -0.15) is 0 Å². The van der Waals surface area contributed by atoms with Crippen LogP contribution in [0, 0.1) is 10.1 Å². The highest BCUT2D eigenvalue weighted by molar-refractivity contribution is 7.22. The third-order valence-electron chi connectivity index (χ3n) is 4.31. The predicted molar refractivity (Wildman–Crippen MR) is 125 cm³/mol. The summed E-state index contributed by atoms with van der Waals surface area (Å²) in [5.41, 5.74) is 0.566. The Kier molecular flexibility index (Phi) is 8.19. The standard InChI is InChI=1S/C22H23N3O8S/c1-4-30-16-9-13(10-17(31-5-2)20(16)32-6-3)21(27)33-12-19(26)24-22-23-15-8-7-14(25(28)29)11-18(15)34-22/h7-11H,4-6,12H2,1-3H3,(H,23,24,26). The average molecular weight is 490 g/mol. The third-order valence-corrected chi connectivity index (χ3v) is 5.24. The fourth-order valence-electron chi connectivity index (χ4n) is 2.96. The Bertz CT molecular complexity index is 1180. The van der Waals surface area contributed by atoms with Crippen molar-refractivity contribution in [2.24, 2.45) is 0 Å². The zero-order valence-corrected chi connectivity index (χ0v) is 19.6. The lowest BCUT2D eigenvalue weighted by Crippen LogP contribution is -2.21. The Labute approximate surface area is 198 Å². The Morgan fingerprint density at radius 3 is 2.26 bits per heavy atom. The van der Waals surface area contributed by atoms with Crippen LogP contribution in [-0.2, 0) is 9.53 Å². The second-order valence-corrected chi connectivity index (χ2v) is 7.68. The van der Waals surface area contributed by atoms with Gasteiger partial charge in [0.25, 0.3) is 11.6 Å². The topological polar surface area (TPSA) is 139 Å². The van der Waals surface area contributed by atoms with Crippen LogP contribution in [0.5, 0.6) is 17.2 Å². The Morgan fingerprint density at radius 2 is 1.68 bits per heavy atom. The van der Waals surface area contributed by atoms with Gasteiger partial charge in [-0.3, -0.25) is 20.2 Å². The molecule has 0 aliphatic heterocycles. The van der Waals surface area contributed by atoms with Crippen LogP contribution in [0.25, 0.3) is 10.2 Å². The summed E-state index contributed by atoms with van der Waals surface area (Å²) in [6, 6.07) is 7.15. The number of nitro benzene ring substituents is 1. The van der Waals surface area contributed by atoms with Crippen molar-refractivity contribution in [1.29, 1.82) is 0 Å². The smallest absolute Gasteiger partial charge is 0.338 e. The highest BCUT2D eigenvalue weighted by atomic mass is 32.1. The summed E-state index contributed by atoms with van der Waals surface area (Å²) in [5.74, 6) is -0.315. The molecule has 0 saturated heterocycles. The van der Waals surface area contributed by atoms with E-state index in [2.05, 4.69) is 10.3 Å². The zero-order chi connectivity index (χ0) is 24.7. The minimum atomic E-state index is -0.750. The average Bonchev–Trinajstić information content (AvgIpc) is 3.21. The van der Waals surface area contributed by atoms with E-state index in [9.17, 15) is 19.7 Å². The number of fused-ring (bicyclic) bond motifs is 1. The van der Waals surface area contributed by atoms with Crippen LogP contribution in [-0.4, -0.2) is 48.2 Å². The van der Waals surface area contributed by atoms with Gasteiger partial charge in [-0.25, -0.2) is 9.78 Å². The third kappa shape index (κ3) is 5.90. The van der Waals surface area contributed by atoms with E-state index in [0.29, 0.717) is 47.3 Å². The molecular formula is C22H23N3O8S. The number of aromatic nitrogens is 1. The van der Waals surface area contributed by atoms with E-state index in [1.54, 1.807) is 13.8 Å². The van der Waals surface area contributed by atoms with Crippen LogP contribution in [0.2, 0.25) is 0 Å². The minimum Gasteiger partial charge on any atom is -0.490 e. The first-order chi connectivity index (χ1) is 16.4. The first-order valence-corrected chi connectivity index (χ1v) is 11.3. The summed E-state index contributed by atoms with van der Waals surface area (Å²) in [6.07, 6.45) is 0. The van der Waals surface area contributed by atoms with Crippen LogP contribution in [0.3, 0.4) is 0 Å². The van der Waals surface area contributed by atoms with Gasteiger partial charge in [0.15, 0.2) is 23.2 Å². The van der Waals surface area contributed by atoms with Gasteiger partial charge in [-0.15, -0.1) is 0 Å². The molecule has 0 unspecified atom stereocenters. The summed E-state index contributed by atoms with van der Waals surface area (Å²) in [5, 5.41) is 13.7. The number of nitro groups is 1. The predicted octanol–water partition coefficient (Wildman–Crippen LogP) is 4.20. The molecule has 0 fully saturated rings. The summed E-state index contributed by atoms with van der Waals surface area (Å²) in [6.45, 7) is 5.92. The fraction of sp³-hybridized carbons (Fsp3) is 0.318. The number of hydrogen-bond donors (Lipinski definition) is 1. The maximum Gasteiger partial charge on any atom is 0.338 e. The first-order valence-electron chi connectivity index (χ1n) is 10.4. The van der Waals surface area contributed by atoms with Crippen molar-refractivity contribution in [2.45, 2.75) is 20.8 Å². The number of ether oxygens (including phenoxy) is 4. The van der Waals surface area contributed by atoms with E-state index in [1.807, 2.05) is 6.92 Å². The van der Waals surface area contributed by atoms with Crippen LogP contribution in [0.15, 0.2) is 30.3 Å². The lowest BCUT2D eigenvalue weighted by molar-refractivity contribution is -0.384. The lowest BCUT2D eigenvalue weighted by atomic mass is 10.2. The number of esters is 1. The van der Waals surface area contributed by atoms with Crippen molar-refractivity contribution in [2.75, 3.05) is 31.7 Å². The number of amides is 1. The molecule has 180 valence electrons. The number of benzene rings is 2. The van der Waals surface area contributed by atoms with E-state index in [4.69, 9.17) is 18.9 Å². The number of rotatable bonds is 11. The molecule has 2 aromatic carbocycles. The first kappa shape index (κ1) is 24.7. The molecule has 0 saturated carbocycles. The molecule has 1 aromatic heterocycles. The van der Waals surface area contributed by atoms with E-state index < -0.39 is 23.4 Å². The molecule has 1 amide bonds. The highest BCUT2D eigenvalue weighted by Gasteiger charge is 2.20. The molecule has 1 heterocycles. The second-order valence-electron chi connectivity index (χ2n) is 6.65. The number of anilines is 1. The monoisotopic (exact) mass is 489 g/mol. The Balaban J connectivity index is 1.69. The molecule has 0 atom stereocenters. The molecular weight excluding hydrogens is 466 g/mol. The van der Waals surface area contributed by atoms with Gasteiger partial charge < -0.3 is 18.9 Å². The molecule has 0 spiro atoms. The molecule has 1 N–H and O–H groups in total. The van der Waals surface area contributed by atoms with Crippen LogP contribution >= 0.6 is 11.3 Å². The Hall–Kier alpha value is -3.93. The quantitative estimate of drug-likeness (QED) is 0.238. The number of hydrogen-bond acceptors (Lipinski definition) is 10. The van der Waals surface area contributed by atoms with Gasteiger partial charge in [0, 0.05) is 12.1 Å². The van der Waals surface area contributed by atoms with E-state index >= 15 is 0 Å². The van der Waals surface area contributed by atoms with Gasteiger partial charge in [0.1, 0.15) is 0 Å². The SMILES string of the molecule is CCOc1cc(C(=O)OCC(=O)Nc2nc3ccc([N+](=O)[O-])cc3s2)cc(OCC)c1OCC. The number of carbonyl (C=O) groups is 2. The van der Waals surface area contributed by atoms with Crippen LogP contribution in [0.1, 0.15) is 31.1 Å². The van der Waals surface area contributed by atoms with Crippen molar-refractivity contribution in [1.82, 2.24) is 4.98 Å². The second kappa shape index (κ2) is 11.3. The summed E-state index contributed by atoms with van der Waals surface area (Å²) < 4.78 is 22.5. The van der Waals surface area contributed by atoms with Crippen molar-refractivity contribution >= 4 is 44.2 Å². The maximum absolute atomic E-state index is 12.6. The number of carbonyl (C=O) groups excluding carboxylic acids is 2. The molecule has 34 heavy (non-hydrogen) atoms. The van der Waals surface area contributed by atoms with Crippen LogP contribution in [0.4, 0.5) is 10.8 Å². The van der Waals surface area contributed by atoms with Crippen molar-refractivity contribution in [3.8, 4) is 17.2 Å². The molecule has 3 aromatic rings. The van der Waals surface area contributed by atoms with Crippen molar-refractivity contribution in [3.05, 3.63) is 46.0 Å². The van der Waals surface area contributed by atoms with Crippen molar-refractivity contribution in [3.63, 3.8) is 0 Å². The van der Waals surface area contributed by atoms with Crippen molar-refractivity contribution < 1.29 is 33.5 Å². The largest absolute Gasteiger partial charge is 0.490 e. The van der Waals surface area contributed by atoms with E-state index in [1.165, 1.54) is 30.3 Å². The molecule has 0 aliphatic carbocycles. The van der Waals surface area contributed by atoms with Gasteiger partial charge in [0.05, 0.1) is 40.5 Å². The minimum absolute atomic E-state index is 0.0730. The van der Waals surface area contributed by atoms with E-state index in [-0.39, 0.29) is 16.4 Å². The highest BCUT2D eigenvalue weighted by Crippen LogP contribution is 2.39. The molecule has 0 radical (unpaired) electrons. The summed E-state index contributed by atoms with van der Waals surface area (Å²) in [4.78, 5) is 39.5. The fourth-order valence-corrected chi connectivity index (χ4v) is 3.87. The van der Waals surface area contributed by atoms with Gasteiger partial charge in [-0.1, -0.05) is 11.3 Å². The molecule has 12 heteroatoms. The number of nitrogens with one attached hydrogen (secondary N) is 1. The molecule has 0 bridgehead atoms. The maximum atomic E-state index is 12.6. The van der Waals surface area contributed by atoms with Crippen LogP contribution < -0.4 is 19.5 Å². The van der Waals surface area contributed by atoms with Gasteiger partial charge >= 0.3 is 5.97 Å². The summed E-state index contributed by atoms with van der Waals surface area (Å²) >= 11 is 1.07. The summed E-state index contributed by atoms with van der Waals surface area (Å²) in [7, 11) is 0. The van der Waals surface area contributed by atoms with E-state index in [0.717, 1.165) is 11.3 Å². The number of nitrogens with zero attached hydrogens (tertiary/aromatic N) is 2. The zero-order valence-electron chi connectivity index (χ0n) is 18.8. The lowest BCUT2D eigenvalue weighted by Gasteiger charge is -2.16. The Morgan fingerprint density at radius 1 is 1.03 bits per heavy atom. The van der Waals surface area contributed by atoms with Gasteiger partial charge in [-0.05, 0) is 39.0 Å². The normalized spacial score (nSPS) is 10.6. The molecule has 0 aliphatic rings. The number of thiazole rings is 1. The number of non-ortho nitro benzene ring substituents is 1. The van der Waals surface area contributed by atoms with Gasteiger partial charge in [0.2, 0.25) is 5.75 Å². The molecule has 11 nitrogen and oxygen atoms in total.